The predicted octanol–water partition coefficient (Wildman–Crippen LogP) is 12.1. The van der Waals surface area contributed by atoms with Gasteiger partial charge in [0.05, 0.1) is 11.4 Å². The van der Waals surface area contributed by atoms with Crippen LogP contribution in [0.3, 0.4) is 0 Å². The Balaban J connectivity index is 0.000000457. The molecule has 1 N–H and O–H groups in total. The largest absolute Gasteiger partial charge is 0.762 e. The number of aliphatic hydroxyl groups is 1. The third kappa shape index (κ3) is 17.9. The molecule has 2 unspecified atom stereocenters. The first-order valence-electron chi connectivity index (χ1n) is 20.0. The average molecular weight is 1080 g/mol. The van der Waals surface area contributed by atoms with E-state index in [0.29, 0.717) is 24.1 Å². The van der Waals surface area contributed by atoms with Crippen molar-refractivity contribution in [1.82, 2.24) is 9.80 Å². The molecule has 2 saturated heterocycles. The van der Waals surface area contributed by atoms with Crippen molar-refractivity contribution in [3.8, 4) is 11.8 Å². The quantitative estimate of drug-likeness (QED) is 0.182. The zero-order valence-electron chi connectivity index (χ0n) is 37.5. The van der Waals surface area contributed by atoms with Crippen molar-refractivity contribution in [2.24, 2.45) is 11.8 Å². The minimum absolute atomic E-state index is 0.0381. The van der Waals surface area contributed by atoms with E-state index in [1.54, 1.807) is 65.8 Å². The minimum atomic E-state index is -3.67. The van der Waals surface area contributed by atoms with E-state index in [9.17, 15) is 41.7 Å². The number of carbonyl (C=O) groups excluding carboxylic acids is 2. The topological polar surface area (TPSA) is 136 Å². The average Bonchev–Trinajstić information content (AvgIpc) is 4.01. The molecule has 4 aliphatic rings. The van der Waals surface area contributed by atoms with Gasteiger partial charge in [-0.15, -0.1) is 23.2 Å². The zero-order valence-corrected chi connectivity index (χ0v) is 43.2. The first-order valence-corrected chi connectivity index (χ1v) is 26.1. The van der Waals surface area contributed by atoms with Gasteiger partial charge in [0, 0.05) is 63.6 Å². The third-order valence-electron chi connectivity index (χ3n) is 9.63. The van der Waals surface area contributed by atoms with Gasteiger partial charge in [0.25, 0.3) is 0 Å². The number of amides is 2. The standard InChI is InChI=1S/C17H18BrFN2O2.C16H19BrFNO3.C4H9NSi.C4H10O.CH2Cl2.BF3/c1-16(2,3)23-15(22)21-9-17(7-12(17)14(21)8-20)11-6-10(18)4-5-13(11)19;1-15(2,3)22-14(21)19-8-16(7-11(16)13(19)20)10-6-9(17)4-5-12(10)18;1-6(2,3)4-5;1-3-5-4-2;2-1-3;2-1(3)4/h4-6,12,14H,7,9H2,1-3H3;4-6,11,13,20H,7-8H2,1-3H3;1-3H3;3-4H2,1-2H3;1H2;/t12-,14?,17+;11-,13?,16+;;;;/m00..../s1. The molecule has 2 saturated carbocycles. The van der Waals surface area contributed by atoms with Gasteiger partial charge in [-0.3, -0.25) is 22.7 Å². The summed E-state index contributed by atoms with van der Waals surface area (Å²) in [7, 11) is -4.99. The molecule has 21 heteroatoms. The third-order valence-corrected chi connectivity index (χ3v) is 11.3. The van der Waals surface area contributed by atoms with Crippen LogP contribution < -0.4 is 0 Å². The second kappa shape index (κ2) is 24.8. The van der Waals surface area contributed by atoms with E-state index in [4.69, 9.17) is 42.7 Å². The van der Waals surface area contributed by atoms with Crippen molar-refractivity contribution in [3.05, 3.63) is 68.1 Å². The maximum Gasteiger partial charge on any atom is 0.762 e. The van der Waals surface area contributed by atoms with E-state index in [2.05, 4.69) is 43.6 Å². The van der Waals surface area contributed by atoms with E-state index in [1.807, 2.05) is 33.5 Å². The first kappa shape index (κ1) is 58.4. The lowest BCUT2D eigenvalue weighted by atomic mass is 9.94. The van der Waals surface area contributed by atoms with Gasteiger partial charge in [-0.1, -0.05) is 51.5 Å². The molecule has 2 aliphatic heterocycles. The van der Waals surface area contributed by atoms with E-state index in [-0.39, 0.29) is 35.4 Å². The van der Waals surface area contributed by atoms with Crippen LogP contribution in [0.25, 0.3) is 0 Å². The number of rotatable bonds is 4. The Kier molecular flexibility index (Phi) is 22.9. The minimum Gasteiger partial charge on any atom is -0.444 e. The summed E-state index contributed by atoms with van der Waals surface area (Å²) in [6.07, 6.45) is -0.583. The van der Waals surface area contributed by atoms with Crippen LogP contribution in [-0.4, -0.2) is 97.8 Å². The van der Waals surface area contributed by atoms with Gasteiger partial charge < -0.3 is 19.3 Å². The molecule has 2 aromatic carbocycles. The Labute approximate surface area is 397 Å². The summed E-state index contributed by atoms with van der Waals surface area (Å²) in [6.45, 7) is 23.0. The van der Waals surface area contributed by atoms with Crippen molar-refractivity contribution in [3.63, 3.8) is 0 Å². The lowest BCUT2D eigenvalue weighted by Crippen LogP contribution is -2.42. The zero-order chi connectivity index (χ0) is 48.9. The molecule has 10 nitrogen and oxygen atoms in total. The molecule has 0 aromatic heterocycles. The molecule has 2 aromatic rings. The van der Waals surface area contributed by atoms with Crippen LogP contribution in [0.4, 0.5) is 31.3 Å². The fraction of sp³-hybridized carbons (Fsp3) is 0.619. The number of halogens is 9. The SMILES string of the molecule is CC(C)(C)OC(=O)N1C[C@@]2(c3cc(Br)ccc3F)C[C@H]2C1C#N.CC(C)(C)OC(=O)N1C[C@@]2(c3cc(Br)ccc3F)C[C@H]2C1O.CCOCC.C[Si](C)(C)C#N.ClCCl.FB(F)F. The number of nitriles is 2. The first-order chi connectivity index (χ1) is 28.9. The Morgan fingerprint density at radius 2 is 1.17 bits per heavy atom. The fourth-order valence-corrected chi connectivity index (χ4v) is 7.70. The smallest absolute Gasteiger partial charge is 0.444 e. The predicted molar refractivity (Wildman–Crippen MR) is 246 cm³/mol. The molecule has 6 atom stereocenters. The van der Waals surface area contributed by atoms with Gasteiger partial charge in [-0.05, 0) is 116 Å². The second-order valence-corrected chi connectivity index (χ2v) is 25.2. The molecule has 6 rings (SSSR count). The van der Waals surface area contributed by atoms with E-state index >= 15 is 0 Å². The molecule has 2 aliphatic carbocycles. The molecule has 0 radical (unpaired) electrons. The van der Waals surface area contributed by atoms with E-state index < -0.39 is 62.1 Å². The lowest BCUT2D eigenvalue weighted by Gasteiger charge is -2.28. The van der Waals surface area contributed by atoms with Crippen LogP contribution in [0, 0.1) is 45.8 Å². The fourth-order valence-electron chi connectivity index (χ4n) is 6.97. The molecule has 352 valence electrons. The summed E-state index contributed by atoms with van der Waals surface area (Å²) in [4.78, 5) is 27.3. The molecule has 4 fully saturated rings. The van der Waals surface area contributed by atoms with Crippen molar-refractivity contribution in [1.29, 1.82) is 10.5 Å². The summed E-state index contributed by atoms with van der Waals surface area (Å²) >= 11 is 16.2. The number of alkyl halides is 2. The Bertz CT molecular complexity index is 1920. The van der Waals surface area contributed by atoms with Crippen LogP contribution in [0.5, 0.6) is 0 Å². The number of ether oxygens (including phenoxy) is 3. The molecule has 63 heavy (non-hydrogen) atoms. The number of hydrogen-bond acceptors (Lipinski definition) is 8. The van der Waals surface area contributed by atoms with Crippen molar-refractivity contribution >= 4 is 82.9 Å². The summed E-state index contributed by atoms with van der Waals surface area (Å²) in [6, 6.07) is 11.2. The number of likely N-dealkylation sites (tertiary alicyclic amines) is 2. The lowest BCUT2D eigenvalue weighted by molar-refractivity contribution is -0.0235. The summed E-state index contributed by atoms with van der Waals surface area (Å²) in [5.41, 5.74) is 1.15. The van der Waals surface area contributed by atoms with Crippen LogP contribution in [-0.2, 0) is 25.0 Å². The molecule has 0 bridgehead atoms. The van der Waals surface area contributed by atoms with E-state index in [1.165, 1.54) is 21.9 Å². The Hall–Kier alpha value is -2.65. The number of carbonyl (C=O) groups is 2. The van der Waals surface area contributed by atoms with Gasteiger partial charge in [-0.25, -0.2) is 23.6 Å². The van der Waals surface area contributed by atoms with Crippen LogP contribution in [0.1, 0.15) is 79.4 Å². The van der Waals surface area contributed by atoms with Gasteiger partial charge >= 0.3 is 19.7 Å². The number of benzene rings is 2. The normalized spacial score (nSPS) is 23.5. The number of fused-ring (bicyclic) bond motifs is 2. The molecule has 2 heterocycles. The molecular formula is C42H58BBr2Cl2F5N4O6Si. The number of aliphatic hydroxyl groups excluding tert-OH is 1. The second-order valence-electron chi connectivity index (χ2n) is 17.9. The monoisotopic (exact) mass is 1080 g/mol. The van der Waals surface area contributed by atoms with Crippen molar-refractivity contribution in [2.75, 3.05) is 31.6 Å². The number of piperidine rings is 2. The van der Waals surface area contributed by atoms with Crippen LogP contribution in [0.2, 0.25) is 19.6 Å². The van der Waals surface area contributed by atoms with Gasteiger partial charge in [-0.2, -0.15) is 5.26 Å². The maximum atomic E-state index is 14.3. The van der Waals surface area contributed by atoms with Crippen molar-refractivity contribution < 1.29 is 50.6 Å². The van der Waals surface area contributed by atoms with Crippen molar-refractivity contribution in [2.45, 2.75) is 122 Å². The van der Waals surface area contributed by atoms with Crippen LogP contribution >= 0.6 is 55.1 Å². The van der Waals surface area contributed by atoms with E-state index in [0.717, 1.165) is 28.6 Å². The summed E-state index contributed by atoms with van der Waals surface area (Å²) in [5, 5.41) is 28.2. The number of nitrogens with zero attached hydrogens (tertiary/aromatic N) is 4. The molecule has 0 spiro atoms. The van der Waals surface area contributed by atoms with Gasteiger partial charge in [0.15, 0.2) is 8.07 Å². The summed E-state index contributed by atoms with van der Waals surface area (Å²) < 4.78 is 74.6. The Morgan fingerprint density at radius 1 is 0.825 bits per heavy atom. The molecular weight excluding hydrogens is 1020 g/mol. The highest BCUT2D eigenvalue weighted by molar-refractivity contribution is 9.10. The van der Waals surface area contributed by atoms with Crippen LogP contribution in [0.15, 0.2) is 45.3 Å². The highest BCUT2D eigenvalue weighted by atomic mass is 79.9. The number of hydrogen-bond donors (Lipinski definition) is 1. The summed E-state index contributed by atoms with van der Waals surface area (Å²) in [5.74, 6) is -0.769. The molecule has 2 amide bonds. The van der Waals surface area contributed by atoms with Gasteiger partial charge in [0.1, 0.15) is 35.1 Å². The highest BCUT2D eigenvalue weighted by Crippen LogP contribution is 2.63. The van der Waals surface area contributed by atoms with Gasteiger partial charge in [0.2, 0.25) is 0 Å². The Morgan fingerprint density at radius 3 is 1.51 bits per heavy atom. The maximum absolute atomic E-state index is 14.3. The highest BCUT2D eigenvalue weighted by Gasteiger charge is 2.69.